The van der Waals surface area contributed by atoms with Crippen LogP contribution >= 0.6 is 0 Å². The first-order valence-electron chi connectivity index (χ1n) is 6.94. The van der Waals surface area contributed by atoms with Crippen LogP contribution in [0.1, 0.15) is 24.8 Å². The van der Waals surface area contributed by atoms with Crippen molar-refractivity contribution in [1.82, 2.24) is 10.2 Å². The predicted octanol–water partition coefficient (Wildman–Crippen LogP) is 2.40. The Morgan fingerprint density at radius 2 is 2.17 bits per heavy atom. The molecule has 0 aliphatic carbocycles. The van der Waals surface area contributed by atoms with Crippen LogP contribution in [0.2, 0.25) is 0 Å². The topological polar surface area (TPSA) is 15.3 Å². The minimum Gasteiger partial charge on any atom is -0.316 e. The zero-order chi connectivity index (χ0) is 12.4. The third kappa shape index (κ3) is 2.43. The Kier molecular flexibility index (Phi) is 3.35. The maximum absolute atomic E-state index is 13.7. The molecule has 0 aromatic heterocycles. The Hall–Kier alpha value is -0.930. The van der Waals surface area contributed by atoms with Crippen LogP contribution in [-0.4, -0.2) is 31.1 Å². The molecule has 0 saturated carbocycles. The summed E-state index contributed by atoms with van der Waals surface area (Å²) in [7, 11) is 0. The molecule has 2 saturated heterocycles. The second-order valence-electron chi connectivity index (χ2n) is 5.83. The van der Waals surface area contributed by atoms with Gasteiger partial charge < -0.3 is 5.32 Å². The molecule has 2 aliphatic rings. The molecule has 98 valence electrons. The summed E-state index contributed by atoms with van der Waals surface area (Å²) in [4.78, 5) is 2.43. The molecule has 18 heavy (non-hydrogen) atoms. The molecule has 3 rings (SSSR count). The highest BCUT2D eigenvalue weighted by molar-refractivity contribution is 5.17. The first-order chi connectivity index (χ1) is 8.77. The smallest absolute Gasteiger partial charge is 0.127 e. The number of rotatable bonds is 2. The van der Waals surface area contributed by atoms with Gasteiger partial charge in [0, 0.05) is 25.2 Å². The van der Waals surface area contributed by atoms with Gasteiger partial charge in [-0.3, -0.25) is 4.90 Å². The predicted molar refractivity (Wildman–Crippen MR) is 70.8 cm³/mol. The lowest BCUT2D eigenvalue weighted by Crippen LogP contribution is -2.44. The van der Waals surface area contributed by atoms with E-state index in [1.54, 1.807) is 12.1 Å². The second kappa shape index (κ2) is 4.98. The fraction of sp³-hybridized carbons (Fsp3) is 0.600. The van der Waals surface area contributed by atoms with Gasteiger partial charge in [0.2, 0.25) is 0 Å². The van der Waals surface area contributed by atoms with E-state index in [1.165, 1.54) is 19.3 Å². The van der Waals surface area contributed by atoms with Gasteiger partial charge in [0.15, 0.2) is 0 Å². The van der Waals surface area contributed by atoms with Crippen molar-refractivity contribution >= 4 is 0 Å². The summed E-state index contributed by atoms with van der Waals surface area (Å²) in [6.07, 6.45) is 3.85. The van der Waals surface area contributed by atoms with Crippen LogP contribution in [-0.2, 0) is 6.54 Å². The second-order valence-corrected chi connectivity index (χ2v) is 5.83. The standard InChI is InChI=1S/C15H21FN2/c16-14-5-2-1-4-13(14)10-18-9-3-6-15(12-18)7-8-17-11-15/h1-2,4-5,17H,3,6-12H2/t15-/m1/s1. The third-order valence-electron chi connectivity index (χ3n) is 4.42. The quantitative estimate of drug-likeness (QED) is 0.864. The molecule has 0 bridgehead atoms. The molecule has 2 aliphatic heterocycles. The molecule has 0 radical (unpaired) electrons. The number of nitrogens with zero attached hydrogens (tertiary/aromatic N) is 1. The Morgan fingerprint density at radius 3 is 2.94 bits per heavy atom. The SMILES string of the molecule is Fc1ccccc1CN1CCC[C@]2(CCNC2)C1. The highest BCUT2D eigenvalue weighted by atomic mass is 19.1. The summed E-state index contributed by atoms with van der Waals surface area (Å²) in [5.74, 6) is -0.0679. The van der Waals surface area contributed by atoms with E-state index in [0.29, 0.717) is 5.41 Å². The molecule has 1 spiro atoms. The van der Waals surface area contributed by atoms with Crippen molar-refractivity contribution in [3.63, 3.8) is 0 Å². The third-order valence-corrected chi connectivity index (χ3v) is 4.42. The highest BCUT2D eigenvalue weighted by Gasteiger charge is 2.37. The van der Waals surface area contributed by atoms with Crippen LogP contribution in [0.4, 0.5) is 4.39 Å². The first kappa shape index (κ1) is 12.1. The van der Waals surface area contributed by atoms with Crippen molar-refractivity contribution < 1.29 is 4.39 Å². The normalized spacial score (nSPS) is 28.9. The number of hydrogen-bond donors (Lipinski definition) is 1. The molecule has 0 amide bonds. The number of benzene rings is 1. The molecule has 0 unspecified atom stereocenters. The van der Waals surface area contributed by atoms with Gasteiger partial charge in [0.25, 0.3) is 0 Å². The van der Waals surface area contributed by atoms with Gasteiger partial charge in [0.05, 0.1) is 0 Å². The molecule has 1 aromatic rings. The maximum Gasteiger partial charge on any atom is 0.127 e. The lowest BCUT2D eigenvalue weighted by Gasteiger charge is -2.40. The lowest BCUT2D eigenvalue weighted by atomic mass is 9.79. The van der Waals surface area contributed by atoms with Gasteiger partial charge in [-0.05, 0) is 43.8 Å². The molecule has 2 heterocycles. The summed E-state index contributed by atoms with van der Waals surface area (Å²) < 4.78 is 13.7. The first-order valence-corrected chi connectivity index (χ1v) is 6.94. The Morgan fingerprint density at radius 1 is 1.28 bits per heavy atom. The van der Waals surface area contributed by atoms with Crippen molar-refractivity contribution in [3.05, 3.63) is 35.6 Å². The van der Waals surface area contributed by atoms with Crippen LogP contribution < -0.4 is 5.32 Å². The van der Waals surface area contributed by atoms with E-state index in [1.807, 2.05) is 12.1 Å². The summed E-state index contributed by atoms with van der Waals surface area (Å²) in [6, 6.07) is 7.16. The van der Waals surface area contributed by atoms with Crippen LogP contribution in [0.3, 0.4) is 0 Å². The van der Waals surface area contributed by atoms with E-state index in [-0.39, 0.29) is 5.82 Å². The van der Waals surface area contributed by atoms with E-state index in [0.717, 1.165) is 38.3 Å². The maximum atomic E-state index is 13.7. The largest absolute Gasteiger partial charge is 0.316 e. The molecule has 1 atom stereocenters. The van der Waals surface area contributed by atoms with Crippen molar-refractivity contribution in [2.45, 2.75) is 25.8 Å². The molecular formula is C15H21FN2. The fourth-order valence-corrected chi connectivity index (χ4v) is 3.46. The zero-order valence-corrected chi connectivity index (χ0v) is 10.8. The average molecular weight is 248 g/mol. The zero-order valence-electron chi connectivity index (χ0n) is 10.8. The molecular weight excluding hydrogens is 227 g/mol. The average Bonchev–Trinajstić information content (AvgIpc) is 2.80. The van der Waals surface area contributed by atoms with E-state index in [4.69, 9.17) is 0 Å². The van der Waals surface area contributed by atoms with E-state index in [2.05, 4.69) is 10.2 Å². The Bertz CT molecular complexity index is 413. The van der Waals surface area contributed by atoms with E-state index in [9.17, 15) is 4.39 Å². The molecule has 2 fully saturated rings. The Balaban J connectivity index is 1.68. The summed E-state index contributed by atoms with van der Waals surface area (Å²) >= 11 is 0. The van der Waals surface area contributed by atoms with Crippen LogP contribution in [0.5, 0.6) is 0 Å². The minimum absolute atomic E-state index is 0.0679. The summed E-state index contributed by atoms with van der Waals surface area (Å²) in [5, 5.41) is 3.48. The van der Waals surface area contributed by atoms with Gasteiger partial charge in [0.1, 0.15) is 5.82 Å². The molecule has 1 aromatic carbocycles. The molecule has 3 heteroatoms. The van der Waals surface area contributed by atoms with Gasteiger partial charge in [-0.25, -0.2) is 4.39 Å². The van der Waals surface area contributed by atoms with Crippen LogP contribution in [0.25, 0.3) is 0 Å². The number of likely N-dealkylation sites (tertiary alicyclic amines) is 1. The fourth-order valence-electron chi connectivity index (χ4n) is 3.46. The van der Waals surface area contributed by atoms with Crippen molar-refractivity contribution in [3.8, 4) is 0 Å². The lowest BCUT2D eigenvalue weighted by molar-refractivity contribution is 0.0969. The van der Waals surface area contributed by atoms with Crippen molar-refractivity contribution in [2.75, 3.05) is 26.2 Å². The van der Waals surface area contributed by atoms with E-state index < -0.39 is 0 Å². The molecule has 2 nitrogen and oxygen atoms in total. The summed E-state index contributed by atoms with van der Waals surface area (Å²) in [6.45, 7) is 5.27. The highest BCUT2D eigenvalue weighted by Crippen LogP contribution is 2.35. The van der Waals surface area contributed by atoms with Gasteiger partial charge in [-0.2, -0.15) is 0 Å². The van der Waals surface area contributed by atoms with Gasteiger partial charge >= 0.3 is 0 Å². The van der Waals surface area contributed by atoms with E-state index >= 15 is 0 Å². The van der Waals surface area contributed by atoms with Crippen molar-refractivity contribution in [1.29, 1.82) is 0 Å². The van der Waals surface area contributed by atoms with Gasteiger partial charge in [-0.1, -0.05) is 18.2 Å². The minimum atomic E-state index is -0.0679. The molecule has 1 N–H and O–H groups in total. The number of piperidine rings is 1. The number of hydrogen-bond acceptors (Lipinski definition) is 2. The number of halogens is 1. The monoisotopic (exact) mass is 248 g/mol. The van der Waals surface area contributed by atoms with Crippen LogP contribution in [0, 0.1) is 11.2 Å². The van der Waals surface area contributed by atoms with Crippen molar-refractivity contribution in [2.24, 2.45) is 5.41 Å². The van der Waals surface area contributed by atoms with Gasteiger partial charge in [-0.15, -0.1) is 0 Å². The summed E-state index contributed by atoms with van der Waals surface area (Å²) in [5.41, 5.74) is 1.30. The number of nitrogens with one attached hydrogen (secondary N) is 1. The Labute approximate surface area is 108 Å². The van der Waals surface area contributed by atoms with Crippen LogP contribution in [0.15, 0.2) is 24.3 Å².